The van der Waals surface area contributed by atoms with E-state index in [4.69, 9.17) is 4.74 Å². The van der Waals surface area contributed by atoms with Crippen molar-refractivity contribution in [2.75, 3.05) is 13.7 Å². The molecule has 0 saturated carbocycles. The number of aliphatic hydroxyl groups excluding tert-OH is 1. The van der Waals surface area contributed by atoms with Gasteiger partial charge in [-0.3, -0.25) is 0 Å². The van der Waals surface area contributed by atoms with Crippen LogP contribution >= 0.6 is 0 Å². The molecule has 0 fully saturated rings. The van der Waals surface area contributed by atoms with Crippen LogP contribution < -0.4 is 0 Å². The second-order valence-electron chi connectivity index (χ2n) is 6.03. The molecule has 0 bridgehead atoms. The van der Waals surface area contributed by atoms with Gasteiger partial charge >= 0.3 is 5.97 Å². The third-order valence-electron chi connectivity index (χ3n) is 4.25. The zero-order valence-corrected chi connectivity index (χ0v) is 14.9. The SMILES string of the molecule is COC(=O)c1cccc(-c2ccc(/C=C(\CO)c3ccc(F)cc3)cc2)c1. The van der Waals surface area contributed by atoms with E-state index >= 15 is 0 Å². The van der Waals surface area contributed by atoms with Crippen molar-refractivity contribution in [3.63, 3.8) is 0 Å². The topological polar surface area (TPSA) is 46.5 Å². The number of ether oxygens (including phenoxy) is 1. The number of halogens is 1. The third-order valence-corrected chi connectivity index (χ3v) is 4.25. The van der Waals surface area contributed by atoms with Gasteiger partial charge in [0.15, 0.2) is 0 Å². The highest BCUT2D eigenvalue weighted by Gasteiger charge is 2.07. The molecule has 4 heteroatoms. The molecule has 0 aliphatic heterocycles. The highest BCUT2D eigenvalue weighted by Crippen LogP contribution is 2.24. The van der Waals surface area contributed by atoms with Crippen LogP contribution in [0.2, 0.25) is 0 Å². The van der Waals surface area contributed by atoms with Crippen molar-refractivity contribution in [1.29, 1.82) is 0 Å². The first-order chi connectivity index (χ1) is 13.1. The Hall–Kier alpha value is -3.24. The second-order valence-corrected chi connectivity index (χ2v) is 6.03. The summed E-state index contributed by atoms with van der Waals surface area (Å²) in [5, 5.41) is 9.64. The Kier molecular flexibility index (Phi) is 5.79. The maximum atomic E-state index is 13.1. The molecule has 0 amide bonds. The molecule has 0 aromatic heterocycles. The number of rotatable bonds is 5. The van der Waals surface area contributed by atoms with E-state index in [-0.39, 0.29) is 18.4 Å². The molecule has 136 valence electrons. The second kappa shape index (κ2) is 8.43. The molecule has 3 aromatic rings. The van der Waals surface area contributed by atoms with E-state index in [0.29, 0.717) is 11.1 Å². The first-order valence-electron chi connectivity index (χ1n) is 8.47. The van der Waals surface area contributed by atoms with Gasteiger partial charge in [0, 0.05) is 0 Å². The molecule has 3 rings (SSSR count). The Morgan fingerprint density at radius 1 is 0.963 bits per heavy atom. The van der Waals surface area contributed by atoms with Gasteiger partial charge in [0.25, 0.3) is 0 Å². The van der Waals surface area contributed by atoms with Crippen LogP contribution in [0, 0.1) is 5.82 Å². The van der Waals surface area contributed by atoms with Crippen molar-refractivity contribution >= 4 is 17.6 Å². The summed E-state index contributed by atoms with van der Waals surface area (Å²) in [6, 6.07) is 21.0. The van der Waals surface area contributed by atoms with Gasteiger partial charge in [-0.15, -0.1) is 0 Å². The Bertz CT molecular complexity index is 958. The number of hydrogen-bond donors (Lipinski definition) is 1. The largest absolute Gasteiger partial charge is 0.465 e. The molecule has 3 aromatic carbocycles. The van der Waals surface area contributed by atoms with E-state index in [9.17, 15) is 14.3 Å². The lowest BCUT2D eigenvalue weighted by Gasteiger charge is -2.07. The molecule has 0 aliphatic rings. The minimum atomic E-state index is -0.372. The lowest BCUT2D eigenvalue weighted by atomic mass is 9.99. The van der Waals surface area contributed by atoms with Crippen molar-refractivity contribution in [2.24, 2.45) is 0 Å². The highest BCUT2D eigenvalue weighted by molar-refractivity contribution is 5.91. The Labute approximate surface area is 157 Å². The van der Waals surface area contributed by atoms with Crippen LogP contribution in [-0.4, -0.2) is 24.8 Å². The summed E-state index contributed by atoms with van der Waals surface area (Å²) in [6.45, 7) is -0.144. The van der Waals surface area contributed by atoms with Crippen LogP contribution in [-0.2, 0) is 4.74 Å². The van der Waals surface area contributed by atoms with Crippen LogP contribution in [0.25, 0.3) is 22.8 Å². The maximum absolute atomic E-state index is 13.1. The fourth-order valence-electron chi connectivity index (χ4n) is 2.80. The van der Waals surface area contributed by atoms with Gasteiger partial charge in [-0.25, -0.2) is 9.18 Å². The molecule has 0 aliphatic carbocycles. The number of hydrogen-bond acceptors (Lipinski definition) is 3. The summed E-state index contributed by atoms with van der Waals surface area (Å²) < 4.78 is 17.8. The summed E-state index contributed by atoms with van der Waals surface area (Å²) in [7, 11) is 1.36. The normalized spacial score (nSPS) is 11.3. The molecule has 0 saturated heterocycles. The van der Waals surface area contributed by atoms with Crippen molar-refractivity contribution in [2.45, 2.75) is 0 Å². The van der Waals surface area contributed by atoms with E-state index in [0.717, 1.165) is 22.3 Å². The summed E-state index contributed by atoms with van der Waals surface area (Å²) in [6.07, 6.45) is 1.86. The average Bonchev–Trinajstić information content (AvgIpc) is 2.72. The van der Waals surface area contributed by atoms with E-state index in [1.165, 1.54) is 19.2 Å². The Balaban J connectivity index is 1.86. The van der Waals surface area contributed by atoms with Gasteiger partial charge < -0.3 is 9.84 Å². The minimum Gasteiger partial charge on any atom is -0.465 e. The van der Waals surface area contributed by atoms with Crippen molar-refractivity contribution in [3.05, 3.63) is 95.3 Å². The van der Waals surface area contributed by atoms with Crippen LogP contribution in [0.1, 0.15) is 21.5 Å². The van der Waals surface area contributed by atoms with E-state index in [2.05, 4.69) is 0 Å². The van der Waals surface area contributed by atoms with Crippen molar-refractivity contribution in [1.82, 2.24) is 0 Å². The monoisotopic (exact) mass is 362 g/mol. The summed E-state index contributed by atoms with van der Waals surface area (Å²) in [4.78, 5) is 11.7. The number of aliphatic hydroxyl groups is 1. The van der Waals surface area contributed by atoms with E-state index in [1.54, 1.807) is 24.3 Å². The molecule has 0 heterocycles. The van der Waals surface area contributed by atoms with Crippen LogP contribution in [0.4, 0.5) is 4.39 Å². The minimum absolute atomic E-state index is 0.144. The fourth-order valence-corrected chi connectivity index (χ4v) is 2.80. The zero-order valence-electron chi connectivity index (χ0n) is 14.9. The van der Waals surface area contributed by atoms with Gasteiger partial charge in [0.2, 0.25) is 0 Å². The Morgan fingerprint density at radius 3 is 2.30 bits per heavy atom. The van der Waals surface area contributed by atoms with Crippen molar-refractivity contribution < 1.29 is 19.0 Å². The summed E-state index contributed by atoms with van der Waals surface area (Å²) >= 11 is 0. The molecule has 0 unspecified atom stereocenters. The molecular formula is C23H19FO3. The van der Waals surface area contributed by atoms with Crippen LogP contribution in [0.15, 0.2) is 72.8 Å². The molecule has 3 nitrogen and oxygen atoms in total. The first kappa shape index (κ1) is 18.5. The van der Waals surface area contributed by atoms with Crippen LogP contribution in [0.5, 0.6) is 0 Å². The van der Waals surface area contributed by atoms with Gasteiger partial charge in [-0.05, 0) is 58.2 Å². The smallest absolute Gasteiger partial charge is 0.337 e. The zero-order chi connectivity index (χ0) is 19.2. The van der Waals surface area contributed by atoms with Crippen molar-refractivity contribution in [3.8, 4) is 11.1 Å². The maximum Gasteiger partial charge on any atom is 0.337 e. The van der Waals surface area contributed by atoms with Gasteiger partial charge in [-0.2, -0.15) is 0 Å². The van der Waals surface area contributed by atoms with E-state index in [1.807, 2.05) is 42.5 Å². The summed E-state index contributed by atoms with van der Waals surface area (Å²) in [5.41, 5.74) is 4.76. The highest BCUT2D eigenvalue weighted by atomic mass is 19.1. The molecule has 1 N–H and O–H groups in total. The lowest BCUT2D eigenvalue weighted by molar-refractivity contribution is 0.0601. The van der Waals surface area contributed by atoms with Gasteiger partial charge in [0.1, 0.15) is 5.82 Å². The number of esters is 1. The average molecular weight is 362 g/mol. The number of carbonyl (C=O) groups is 1. The number of methoxy groups -OCH3 is 1. The van der Waals surface area contributed by atoms with Crippen LogP contribution in [0.3, 0.4) is 0 Å². The number of carbonyl (C=O) groups excluding carboxylic acids is 1. The molecule has 27 heavy (non-hydrogen) atoms. The van der Waals surface area contributed by atoms with Gasteiger partial charge in [0.05, 0.1) is 19.3 Å². The van der Waals surface area contributed by atoms with Gasteiger partial charge in [-0.1, -0.05) is 48.5 Å². The standard InChI is InChI=1S/C23H19FO3/c1-27-23(26)20-4-2-3-19(14-20)17-7-5-16(6-8-17)13-21(15-25)18-9-11-22(24)12-10-18/h2-14,25H,15H2,1H3/b21-13+. The molecule has 0 radical (unpaired) electrons. The predicted octanol–water partition coefficient (Wildman–Crippen LogP) is 4.81. The Morgan fingerprint density at radius 2 is 1.67 bits per heavy atom. The molecule has 0 spiro atoms. The quantitative estimate of drug-likeness (QED) is 0.523. The predicted molar refractivity (Wildman–Crippen MR) is 105 cm³/mol. The lowest BCUT2D eigenvalue weighted by Crippen LogP contribution is -2.00. The fraction of sp³-hybridized carbons (Fsp3) is 0.0870. The summed E-state index contributed by atoms with van der Waals surface area (Å²) in [5.74, 6) is -0.683. The molecular weight excluding hydrogens is 343 g/mol. The number of benzene rings is 3. The molecule has 0 atom stereocenters. The first-order valence-corrected chi connectivity index (χ1v) is 8.47. The van der Waals surface area contributed by atoms with E-state index < -0.39 is 0 Å². The third kappa shape index (κ3) is 4.49.